The first kappa shape index (κ1) is 15.7. The number of rotatable bonds is 4. The van der Waals surface area contributed by atoms with Crippen molar-refractivity contribution in [2.45, 2.75) is 40.5 Å². The van der Waals surface area contributed by atoms with Crippen molar-refractivity contribution in [3.63, 3.8) is 0 Å². The zero-order valence-corrected chi connectivity index (χ0v) is 13.7. The van der Waals surface area contributed by atoms with E-state index in [1.54, 1.807) is 6.07 Å². The summed E-state index contributed by atoms with van der Waals surface area (Å²) in [5.74, 6) is 0.557. The Morgan fingerprint density at radius 1 is 1.39 bits per heavy atom. The van der Waals surface area contributed by atoms with Gasteiger partial charge in [-0.2, -0.15) is 0 Å². The van der Waals surface area contributed by atoms with E-state index in [0.717, 1.165) is 10.9 Å². The molecule has 0 saturated heterocycles. The molecule has 0 heterocycles. The van der Waals surface area contributed by atoms with E-state index in [-0.39, 0.29) is 11.2 Å². The summed E-state index contributed by atoms with van der Waals surface area (Å²) in [6.45, 7) is 8.73. The maximum atomic E-state index is 12.1. The fourth-order valence-electron chi connectivity index (χ4n) is 2.22. The smallest absolute Gasteiger partial charge is 0.163 e. The predicted molar refractivity (Wildman–Crippen MR) is 81.3 cm³/mol. The van der Waals surface area contributed by atoms with Crippen LogP contribution in [0.1, 0.15) is 50.9 Å². The molecule has 0 radical (unpaired) electrons. The second-order valence-electron chi connectivity index (χ2n) is 6.13. The lowest BCUT2D eigenvalue weighted by Crippen LogP contribution is -2.14. The highest BCUT2D eigenvalue weighted by Gasteiger charge is 2.18. The normalized spacial score (nSPS) is 13.4. The van der Waals surface area contributed by atoms with Crippen molar-refractivity contribution in [3.8, 4) is 0 Å². The molecule has 1 aromatic carbocycles. The van der Waals surface area contributed by atoms with Gasteiger partial charge in [-0.1, -0.05) is 45.4 Å². The van der Waals surface area contributed by atoms with Gasteiger partial charge in [-0.3, -0.25) is 4.79 Å². The molecule has 1 atom stereocenters. The number of benzene rings is 1. The topological polar surface area (TPSA) is 17.1 Å². The molecule has 0 spiro atoms. The second kappa shape index (κ2) is 6.21. The van der Waals surface area contributed by atoms with Crippen molar-refractivity contribution >= 4 is 33.3 Å². The largest absolute Gasteiger partial charge is 0.294 e. The average Bonchev–Trinajstić information content (AvgIpc) is 2.18. The van der Waals surface area contributed by atoms with Crippen LogP contribution in [0, 0.1) is 11.3 Å². The van der Waals surface area contributed by atoms with Crippen LogP contribution < -0.4 is 0 Å². The quantitative estimate of drug-likeness (QED) is 0.642. The minimum atomic E-state index is 0.168. The van der Waals surface area contributed by atoms with E-state index in [1.807, 2.05) is 12.1 Å². The standard InChI is InChI=1S/C15H20BrClO/c1-10(9-15(2,3)4)7-14(18)11-5-6-12(16)13(17)8-11/h5-6,8,10H,7,9H2,1-4H3. The molecule has 0 fully saturated rings. The summed E-state index contributed by atoms with van der Waals surface area (Å²) in [7, 11) is 0. The molecule has 100 valence electrons. The predicted octanol–water partition coefficient (Wildman–Crippen LogP) is 5.75. The van der Waals surface area contributed by atoms with Gasteiger partial charge in [0.15, 0.2) is 5.78 Å². The van der Waals surface area contributed by atoms with Gasteiger partial charge < -0.3 is 0 Å². The highest BCUT2D eigenvalue weighted by atomic mass is 79.9. The van der Waals surface area contributed by atoms with E-state index in [0.29, 0.717) is 22.9 Å². The Kier molecular flexibility index (Phi) is 5.42. The average molecular weight is 332 g/mol. The van der Waals surface area contributed by atoms with Crippen molar-refractivity contribution in [2.24, 2.45) is 11.3 Å². The van der Waals surface area contributed by atoms with Crippen LogP contribution in [0.3, 0.4) is 0 Å². The first-order chi connectivity index (χ1) is 8.19. The summed E-state index contributed by atoms with van der Waals surface area (Å²) in [6.07, 6.45) is 1.62. The van der Waals surface area contributed by atoms with Gasteiger partial charge in [0.05, 0.1) is 5.02 Å². The lowest BCUT2D eigenvalue weighted by molar-refractivity contribution is 0.0954. The molecule has 0 aliphatic rings. The highest BCUT2D eigenvalue weighted by Crippen LogP contribution is 2.28. The summed E-state index contributed by atoms with van der Waals surface area (Å²) < 4.78 is 0.823. The Bertz CT molecular complexity index is 435. The summed E-state index contributed by atoms with van der Waals surface area (Å²) in [5, 5.41) is 0.587. The van der Waals surface area contributed by atoms with Crippen molar-refractivity contribution in [3.05, 3.63) is 33.3 Å². The lowest BCUT2D eigenvalue weighted by atomic mass is 9.83. The number of carbonyl (C=O) groups excluding carboxylic acids is 1. The maximum Gasteiger partial charge on any atom is 0.163 e. The van der Waals surface area contributed by atoms with Crippen LogP contribution in [0.25, 0.3) is 0 Å². The number of hydrogen-bond acceptors (Lipinski definition) is 1. The van der Waals surface area contributed by atoms with Crippen molar-refractivity contribution in [1.29, 1.82) is 0 Å². The first-order valence-electron chi connectivity index (χ1n) is 6.17. The van der Waals surface area contributed by atoms with Crippen molar-refractivity contribution in [2.75, 3.05) is 0 Å². The first-order valence-corrected chi connectivity index (χ1v) is 7.34. The Labute approximate surface area is 123 Å². The summed E-state index contributed by atoms with van der Waals surface area (Å²) >= 11 is 9.33. The van der Waals surface area contributed by atoms with Crippen molar-refractivity contribution in [1.82, 2.24) is 0 Å². The molecule has 1 rings (SSSR count). The highest BCUT2D eigenvalue weighted by molar-refractivity contribution is 9.10. The summed E-state index contributed by atoms with van der Waals surface area (Å²) in [4.78, 5) is 12.1. The fourth-order valence-corrected chi connectivity index (χ4v) is 2.65. The third-order valence-corrected chi connectivity index (χ3v) is 3.97. The van der Waals surface area contributed by atoms with Crippen LogP contribution >= 0.6 is 27.5 Å². The van der Waals surface area contributed by atoms with Gasteiger partial charge in [0.25, 0.3) is 0 Å². The molecular formula is C15H20BrClO. The van der Waals surface area contributed by atoms with E-state index in [9.17, 15) is 4.79 Å². The Hall–Kier alpha value is -0.340. The molecule has 3 heteroatoms. The second-order valence-corrected chi connectivity index (χ2v) is 7.39. The zero-order chi connectivity index (χ0) is 13.9. The maximum absolute atomic E-state index is 12.1. The van der Waals surface area contributed by atoms with Crippen LogP contribution in [-0.2, 0) is 0 Å². The molecule has 0 saturated carbocycles. The molecular weight excluding hydrogens is 312 g/mol. The number of halogens is 2. The van der Waals surface area contributed by atoms with E-state index in [2.05, 4.69) is 43.6 Å². The molecule has 18 heavy (non-hydrogen) atoms. The third-order valence-electron chi connectivity index (χ3n) is 2.74. The van der Waals surface area contributed by atoms with Crippen molar-refractivity contribution < 1.29 is 4.79 Å². The van der Waals surface area contributed by atoms with E-state index in [4.69, 9.17) is 11.6 Å². The molecule has 0 amide bonds. The Balaban J connectivity index is 2.68. The van der Waals surface area contributed by atoms with E-state index >= 15 is 0 Å². The van der Waals surface area contributed by atoms with Gasteiger partial charge in [0, 0.05) is 16.5 Å². The van der Waals surface area contributed by atoms with Crippen LogP contribution in [-0.4, -0.2) is 5.78 Å². The molecule has 0 aliphatic heterocycles. The van der Waals surface area contributed by atoms with E-state index in [1.165, 1.54) is 0 Å². The van der Waals surface area contributed by atoms with Crippen LogP contribution in [0.5, 0.6) is 0 Å². The number of carbonyl (C=O) groups is 1. The minimum absolute atomic E-state index is 0.168. The van der Waals surface area contributed by atoms with Crippen LogP contribution in [0.2, 0.25) is 5.02 Å². The van der Waals surface area contributed by atoms with Gasteiger partial charge in [-0.25, -0.2) is 0 Å². The number of ketones is 1. The molecule has 0 bridgehead atoms. The monoisotopic (exact) mass is 330 g/mol. The third kappa shape index (κ3) is 5.11. The Morgan fingerprint density at radius 3 is 2.50 bits per heavy atom. The fraction of sp³-hybridized carbons (Fsp3) is 0.533. The number of hydrogen-bond donors (Lipinski definition) is 0. The molecule has 0 N–H and O–H groups in total. The van der Waals surface area contributed by atoms with Gasteiger partial charge in [-0.15, -0.1) is 0 Å². The molecule has 0 aliphatic carbocycles. The molecule has 0 aromatic heterocycles. The minimum Gasteiger partial charge on any atom is -0.294 e. The van der Waals surface area contributed by atoms with Gasteiger partial charge >= 0.3 is 0 Å². The van der Waals surface area contributed by atoms with Crippen LogP contribution in [0.15, 0.2) is 22.7 Å². The van der Waals surface area contributed by atoms with E-state index < -0.39 is 0 Å². The Morgan fingerprint density at radius 2 is 2.00 bits per heavy atom. The summed E-state index contributed by atoms with van der Waals surface area (Å²) in [6, 6.07) is 5.38. The number of Topliss-reactive ketones (excluding diaryl/α,β-unsaturated/α-hetero) is 1. The molecule has 1 nitrogen and oxygen atoms in total. The molecule has 1 aromatic rings. The van der Waals surface area contributed by atoms with Crippen LogP contribution in [0.4, 0.5) is 0 Å². The van der Waals surface area contributed by atoms with Gasteiger partial charge in [-0.05, 0) is 45.8 Å². The lowest BCUT2D eigenvalue weighted by Gasteiger charge is -2.22. The molecule has 1 unspecified atom stereocenters. The zero-order valence-electron chi connectivity index (χ0n) is 11.4. The SMILES string of the molecule is CC(CC(=O)c1ccc(Br)c(Cl)c1)CC(C)(C)C. The van der Waals surface area contributed by atoms with Gasteiger partial charge in [0.2, 0.25) is 0 Å². The summed E-state index contributed by atoms with van der Waals surface area (Å²) in [5.41, 5.74) is 0.959. The van der Waals surface area contributed by atoms with Gasteiger partial charge in [0.1, 0.15) is 0 Å².